The fourth-order valence-electron chi connectivity index (χ4n) is 9.55. The first kappa shape index (κ1) is 36.5. The van der Waals surface area contributed by atoms with Gasteiger partial charge >= 0.3 is 0 Å². The number of hydrogen-bond donors (Lipinski definition) is 0. The summed E-state index contributed by atoms with van der Waals surface area (Å²) in [6, 6.07) is 80.4. The first-order valence-corrected chi connectivity index (χ1v) is 21.5. The van der Waals surface area contributed by atoms with Gasteiger partial charge in [0.1, 0.15) is 0 Å². The molecular formula is C59H40N4. The van der Waals surface area contributed by atoms with Gasteiger partial charge < -0.3 is 9.13 Å². The lowest BCUT2D eigenvalue weighted by Gasteiger charge is -2.20. The van der Waals surface area contributed by atoms with Gasteiger partial charge in [-0.2, -0.15) is 0 Å². The highest BCUT2D eigenvalue weighted by Crippen LogP contribution is 2.43. The standard InChI is InChI=1S/C59H40N4/c1-39-18-8-9-23-44(39)42-33-35-57-50(36-42)48-27-13-17-31-56(48)63(57)58-37-43(52-38-51(40-19-4-2-5-20-40)60-59(61-52)41-21-6-3-7-22-41)32-34-49(58)47-26-12-16-30-55(47)62-53-28-14-10-24-45(53)46-25-11-15-29-54(46)62/h2-38H,1H3. The molecule has 0 amide bonds. The van der Waals surface area contributed by atoms with E-state index in [0.717, 1.165) is 61.6 Å². The average molecular weight is 805 g/mol. The molecule has 0 saturated carbocycles. The minimum atomic E-state index is 0.690. The van der Waals surface area contributed by atoms with Gasteiger partial charge in [0, 0.05) is 49.4 Å². The summed E-state index contributed by atoms with van der Waals surface area (Å²) in [5.41, 5.74) is 17.5. The molecule has 3 aromatic heterocycles. The van der Waals surface area contributed by atoms with E-state index in [-0.39, 0.29) is 0 Å². The Morgan fingerprint density at radius 1 is 0.302 bits per heavy atom. The third-order valence-corrected chi connectivity index (χ3v) is 12.5. The lowest BCUT2D eigenvalue weighted by molar-refractivity contribution is 1.15. The van der Waals surface area contributed by atoms with Crippen molar-refractivity contribution in [3.05, 3.63) is 230 Å². The summed E-state index contributed by atoms with van der Waals surface area (Å²) >= 11 is 0. The van der Waals surface area contributed by atoms with E-state index >= 15 is 0 Å². The Morgan fingerprint density at radius 3 is 1.44 bits per heavy atom. The second-order valence-electron chi connectivity index (χ2n) is 16.2. The van der Waals surface area contributed by atoms with Gasteiger partial charge in [-0.05, 0) is 72.1 Å². The van der Waals surface area contributed by atoms with Crippen molar-refractivity contribution < 1.29 is 0 Å². The summed E-state index contributed by atoms with van der Waals surface area (Å²) in [5, 5.41) is 4.88. The van der Waals surface area contributed by atoms with Crippen molar-refractivity contribution in [2.24, 2.45) is 0 Å². The van der Waals surface area contributed by atoms with E-state index < -0.39 is 0 Å². The van der Waals surface area contributed by atoms with E-state index in [9.17, 15) is 0 Å². The van der Waals surface area contributed by atoms with Crippen LogP contribution in [0.25, 0.3) is 111 Å². The fourth-order valence-corrected chi connectivity index (χ4v) is 9.55. The van der Waals surface area contributed by atoms with Gasteiger partial charge in [0.15, 0.2) is 5.82 Å². The van der Waals surface area contributed by atoms with Crippen LogP contribution in [0.3, 0.4) is 0 Å². The Hall–Kier alpha value is -8.34. The van der Waals surface area contributed by atoms with Crippen molar-refractivity contribution in [3.8, 4) is 67.5 Å². The van der Waals surface area contributed by atoms with Crippen LogP contribution in [0.1, 0.15) is 5.56 Å². The van der Waals surface area contributed by atoms with Crippen LogP contribution in [-0.2, 0) is 0 Å². The van der Waals surface area contributed by atoms with Crippen molar-refractivity contribution >= 4 is 43.6 Å². The van der Waals surface area contributed by atoms with Gasteiger partial charge in [0.05, 0.1) is 44.8 Å². The Balaban J connectivity index is 1.16. The molecule has 4 nitrogen and oxygen atoms in total. The van der Waals surface area contributed by atoms with E-state index in [1.54, 1.807) is 0 Å². The number of fused-ring (bicyclic) bond motifs is 6. The minimum Gasteiger partial charge on any atom is -0.309 e. The minimum absolute atomic E-state index is 0.690. The molecule has 0 aliphatic carbocycles. The van der Waals surface area contributed by atoms with Crippen molar-refractivity contribution in [1.82, 2.24) is 19.1 Å². The van der Waals surface area contributed by atoms with Crippen molar-refractivity contribution in [2.45, 2.75) is 6.92 Å². The van der Waals surface area contributed by atoms with Crippen LogP contribution in [0.5, 0.6) is 0 Å². The van der Waals surface area contributed by atoms with Crippen molar-refractivity contribution in [2.75, 3.05) is 0 Å². The second-order valence-corrected chi connectivity index (χ2v) is 16.2. The van der Waals surface area contributed by atoms with Crippen molar-refractivity contribution in [3.63, 3.8) is 0 Å². The van der Waals surface area contributed by atoms with Gasteiger partial charge in [0.25, 0.3) is 0 Å². The zero-order valence-corrected chi connectivity index (χ0v) is 34.7. The molecule has 0 saturated heterocycles. The molecule has 9 aromatic carbocycles. The molecule has 12 rings (SSSR count). The number of aromatic nitrogens is 4. The van der Waals surface area contributed by atoms with Crippen LogP contribution in [0.4, 0.5) is 0 Å². The molecule has 12 aromatic rings. The number of benzene rings is 9. The number of nitrogens with zero attached hydrogens (tertiary/aromatic N) is 4. The van der Waals surface area contributed by atoms with Crippen LogP contribution in [0.2, 0.25) is 0 Å². The number of aryl methyl sites for hydroxylation is 1. The Morgan fingerprint density at radius 2 is 0.778 bits per heavy atom. The van der Waals surface area contributed by atoms with Gasteiger partial charge in [0.2, 0.25) is 0 Å². The molecule has 0 N–H and O–H groups in total. The van der Waals surface area contributed by atoms with Crippen LogP contribution in [0, 0.1) is 6.92 Å². The molecular weight excluding hydrogens is 765 g/mol. The molecule has 296 valence electrons. The van der Waals surface area contributed by atoms with Crippen LogP contribution < -0.4 is 0 Å². The Kier molecular flexibility index (Phi) is 8.68. The highest BCUT2D eigenvalue weighted by Gasteiger charge is 2.22. The quantitative estimate of drug-likeness (QED) is 0.161. The Labute approximate surface area is 365 Å². The third-order valence-electron chi connectivity index (χ3n) is 12.5. The summed E-state index contributed by atoms with van der Waals surface area (Å²) in [5.74, 6) is 0.690. The monoisotopic (exact) mass is 804 g/mol. The molecule has 0 aliphatic heterocycles. The van der Waals surface area contributed by atoms with E-state index in [2.05, 4.69) is 216 Å². The summed E-state index contributed by atoms with van der Waals surface area (Å²) in [4.78, 5) is 10.4. The van der Waals surface area contributed by atoms with Gasteiger partial charge in [-0.1, -0.05) is 176 Å². The maximum atomic E-state index is 5.30. The summed E-state index contributed by atoms with van der Waals surface area (Å²) in [6.45, 7) is 2.19. The molecule has 0 aliphatic rings. The largest absolute Gasteiger partial charge is 0.309 e. The molecule has 0 atom stereocenters. The summed E-state index contributed by atoms with van der Waals surface area (Å²) in [6.07, 6.45) is 0. The smallest absolute Gasteiger partial charge is 0.160 e. The highest BCUT2D eigenvalue weighted by atomic mass is 15.0. The van der Waals surface area contributed by atoms with E-state index in [4.69, 9.17) is 9.97 Å². The lowest BCUT2D eigenvalue weighted by Crippen LogP contribution is -2.02. The molecule has 3 heterocycles. The third kappa shape index (κ3) is 6.14. The van der Waals surface area contributed by atoms with Crippen LogP contribution in [0.15, 0.2) is 224 Å². The normalized spacial score (nSPS) is 11.6. The maximum absolute atomic E-state index is 5.30. The summed E-state index contributed by atoms with van der Waals surface area (Å²) < 4.78 is 4.89. The van der Waals surface area contributed by atoms with E-state index in [1.165, 1.54) is 49.3 Å². The second kappa shape index (κ2) is 15.0. The first-order chi connectivity index (χ1) is 31.2. The predicted molar refractivity (Wildman–Crippen MR) is 263 cm³/mol. The molecule has 63 heavy (non-hydrogen) atoms. The SMILES string of the molecule is Cc1ccccc1-c1ccc2c(c1)c1ccccc1n2-c1cc(-c2cc(-c3ccccc3)nc(-c3ccccc3)n2)ccc1-c1ccccc1-n1c2ccccc2c2ccccc21. The molecule has 0 unspecified atom stereocenters. The van der Waals surface area contributed by atoms with Crippen LogP contribution >= 0.6 is 0 Å². The predicted octanol–water partition coefficient (Wildman–Crippen LogP) is 15.3. The first-order valence-electron chi connectivity index (χ1n) is 21.5. The van der Waals surface area contributed by atoms with E-state index in [1.807, 2.05) is 24.3 Å². The number of rotatable bonds is 7. The maximum Gasteiger partial charge on any atom is 0.160 e. The van der Waals surface area contributed by atoms with Crippen LogP contribution in [-0.4, -0.2) is 19.1 Å². The molecule has 0 bridgehead atoms. The molecule has 0 spiro atoms. The van der Waals surface area contributed by atoms with Gasteiger partial charge in [-0.3, -0.25) is 0 Å². The molecule has 0 radical (unpaired) electrons. The lowest BCUT2D eigenvalue weighted by atomic mass is 9.97. The summed E-state index contributed by atoms with van der Waals surface area (Å²) in [7, 11) is 0. The topological polar surface area (TPSA) is 35.6 Å². The fraction of sp³-hybridized carbons (Fsp3) is 0.0169. The van der Waals surface area contributed by atoms with E-state index in [0.29, 0.717) is 5.82 Å². The molecule has 4 heteroatoms. The van der Waals surface area contributed by atoms with Gasteiger partial charge in [-0.25, -0.2) is 9.97 Å². The number of para-hydroxylation sites is 4. The highest BCUT2D eigenvalue weighted by molar-refractivity contribution is 6.12. The average Bonchev–Trinajstić information content (AvgIpc) is 3.87. The van der Waals surface area contributed by atoms with Crippen molar-refractivity contribution in [1.29, 1.82) is 0 Å². The zero-order chi connectivity index (χ0) is 41.9. The zero-order valence-electron chi connectivity index (χ0n) is 34.7. The van der Waals surface area contributed by atoms with Gasteiger partial charge in [-0.15, -0.1) is 0 Å². The number of hydrogen-bond acceptors (Lipinski definition) is 2. The molecule has 0 fully saturated rings. The Bertz CT molecular complexity index is 3580.